The minimum Gasteiger partial charge on any atom is -0.391 e. The van der Waals surface area contributed by atoms with Gasteiger partial charge in [0.25, 0.3) is 0 Å². The second-order valence-corrected chi connectivity index (χ2v) is 7.28. The maximum absolute atomic E-state index is 14.0. The Balaban J connectivity index is 1.40. The fraction of sp³-hybridized carbons (Fsp3) is 0.238. The van der Waals surface area contributed by atoms with Crippen LogP contribution < -0.4 is 10.2 Å². The van der Waals surface area contributed by atoms with Crippen molar-refractivity contribution in [1.82, 2.24) is 24.7 Å². The largest absolute Gasteiger partial charge is 0.391 e. The van der Waals surface area contributed by atoms with Crippen LogP contribution in [0.5, 0.6) is 0 Å². The second-order valence-electron chi connectivity index (χ2n) is 7.28. The summed E-state index contributed by atoms with van der Waals surface area (Å²) in [5.41, 5.74) is 1.41. The Kier molecular flexibility index (Phi) is 4.72. The van der Waals surface area contributed by atoms with Gasteiger partial charge in [-0.1, -0.05) is 18.2 Å². The lowest BCUT2D eigenvalue weighted by molar-refractivity contribution is 0.198. The average Bonchev–Trinajstić information content (AvgIpc) is 3.36. The van der Waals surface area contributed by atoms with Crippen molar-refractivity contribution in [2.75, 3.05) is 23.3 Å². The quantitative estimate of drug-likeness (QED) is 0.527. The first-order valence-corrected chi connectivity index (χ1v) is 9.74. The molecule has 30 heavy (non-hydrogen) atoms. The van der Waals surface area contributed by atoms with Gasteiger partial charge < -0.3 is 15.3 Å². The first kappa shape index (κ1) is 18.4. The van der Waals surface area contributed by atoms with Crippen molar-refractivity contribution in [2.45, 2.75) is 19.1 Å². The smallest absolute Gasteiger partial charge is 0.227 e. The number of aliphatic hydroxyl groups excluding tert-OH is 1. The fourth-order valence-corrected chi connectivity index (χ4v) is 3.58. The molecule has 2 N–H and O–H groups in total. The van der Waals surface area contributed by atoms with E-state index in [1.807, 2.05) is 17.0 Å². The molecule has 0 amide bonds. The van der Waals surface area contributed by atoms with Gasteiger partial charge in [-0.2, -0.15) is 10.1 Å². The van der Waals surface area contributed by atoms with E-state index in [9.17, 15) is 9.50 Å². The number of hydrogen-bond acceptors (Lipinski definition) is 7. The lowest BCUT2D eigenvalue weighted by Crippen LogP contribution is -2.23. The molecule has 1 fully saturated rings. The Morgan fingerprint density at radius 3 is 2.87 bits per heavy atom. The second kappa shape index (κ2) is 7.68. The molecule has 9 heteroatoms. The highest BCUT2D eigenvalue weighted by molar-refractivity contribution is 5.81. The van der Waals surface area contributed by atoms with Gasteiger partial charge in [-0.25, -0.2) is 14.4 Å². The molecule has 1 aliphatic heterocycles. The monoisotopic (exact) mass is 405 g/mol. The van der Waals surface area contributed by atoms with Crippen LogP contribution in [0.15, 0.2) is 55.0 Å². The van der Waals surface area contributed by atoms with Crippen molar-refractivity contribution in [3.05, 3.63) is 66.4 Å². The molecule has 1 atom stereocenters. The topological polar surface area (TPSA) is 92.0 Å². The maximum atomic E-state index is 14.0. The van der Waals surface area contributed by atoms with E-state index >= 15 is 0 Å². The number of fused-ring (bicyclic) bond motifs is 1. The number of nitrogens with one attached hydrogen (secondary N) is 1. The van der Waals surface area contributed by atoms with Gasteiger partial charge in [0.15, 0.2) is 0 Å². The molecule has 0 saturated carbocycles. The summed E-state index contributed by atoms with van der Waals surface area (Å²) in [6, 6.07) is 10.3. The highest BCUT2D eigenvalue weighted by Crippen LogP contribution is 2.22. The molecule has 1 aromatic carbocycles. The molecular weight excluding hydrogens is 385 g/mol. The SMILES string of the molecule is OC1CCN(c2nccc(Nc3cc4c(cn3)cnn4Cc3ccccc3F)n2)C1. The predicted octanol–water partition coefficient (Wildman–Crippen LogP) is 2.72. The van der Waals surface area contributed by atoms with Crippen molar-refractivity contribution in [1.29, 1.82) is 0 Å². The van der Waals surface area contributed by atoms with Gasteiger partial charge in [0.2, 0.25) is 5.95 Å². The molecule has 1 aliphatic rings. The third kappa shape index (κ3) is 3.67. The van der Waals surface area contributed by atoms with Crippen LogP contribution >= 0.6 is 0 Å². The van der Waals surface area contributed by atoms with Crippen molar-refractivity contribution < 1.29 is 9.50 Å². The Morgan fingerprint density at radius 2 is 2.03 bits per heavy atom. The number of pyridine rings is 1. The summed E-state index contributed by atoms with van der Waals surface area (Å²) >= 11 is 0. The van der Waals surface area contributed by atoms with E-state index in [4.69, 9.17) is 0 Å². The molecule has 0 bridgehead atoms. The standard InChI is InChI=1S/C21H20FN7O/c22-17-4-2-1-3-14(17)12-29-18-9-20(24-10-15(18)11-25-29)26-19-5-7-23-21(27-19)28-8-6-16(30)13-28/h1-5,7,9-11,16,30H,6,8,12-13H2,(H,23,24,26,27). The van der Waals surface area contributed by atoms with E-state index in [-0.39, 0.29) is 11.9 Å². The van der Waals surface area contributed by atoms with Crippen LogP contribution in [0.4, 0.5) is 22.0 Å². The number of hydrogen-bond donors (Lipinski definition) is 2. The number of nitrogens with zero attached hydrogens (tertiary/aromatic N) is 6. The average molecular weight is 405 g/mol. The summed E-state index contributed by atoms with van der Waals surface area (Å²) in [4.78, 5) is 15.2. The van der Waals surface area contributed by atoms with E-state index in [2.05, 4.69) is 25.4 Å². The fourth-order valence-electron chi connectivity index (χ4n) is 3.58. The number of aliphatic hydroxyl groups is 1. The maximum Gasteiger partial charge on any atom is 0.227 e. The summed E-state index contributed by atoms with van der Waals surface area (Å²) in [7, 11) is 0. The van der Waals surface area contributed by atoms with E-state index in [0.717, 1.165) is 17.4 Å². The summed E-state index contributed by atoms with van der Waals surface area (Å²) in [5.74, 6) is 1.52. The predicted molar refractivity (Wildman–Crippen MR) is 111 cm³/mol. The van der Waals surface area contributed by atoms with Crippen LogP contribution in [0.25, 0.3) is 10.9 Å². The van der Waals surface area contributed by atoms with Gasteiger partial charge in [0, 0.05) is 42.5 Å². The first-order chi connectivity index (χ1) is 14.7. The molecule has 8 nitrogen and oxygen atoms in total. The zero-order chi connectivity index (χ0) is 20.5. The van der Waals surface area contributed by atoms with Gasteiger partial charge in [-0.15, -0.1) is 0 Å². The first-order valence-electron chi connectivity index (χ1n) is 9.74. The van der Waals surface area contributed by atoms with Crippen LogP contribution in [0.2, 0.25) is 0 Å². The molecule has 1 saturated heterocycles. The summed E-state index contributed by atoms with van der Waals surface area (Å²) < 4.78 is 15.8. The number of β-amino-alcohol motifs (C(OH)–C–C–N with tert-alkyl or cyclic N) is 1. The van der Waals surface area contributed by atoms with Gasteiger partial charge in [0.05, 0.1) is 24.4 Å². The molecule has 3 aromatic heterocycles. The highest BCUT2D eigenvalue weighted by Gasteiger charge is 2.22. The molecule has 0 radical (unpaired) electrons. The zero-order valence-corrected chi connectivity index (χ0v) is 16.1. The van der Waals surface area contributed by atoms with Crippen LogP contribution in [0, 0.1) is 5.82 Å². The molecule has 5 rings (SSSR count). The van der Waals surface area contributed by atoms with Crippen LogP contribution in [-0.4, -0.2) is 49.0 Å². The van der Waals surface area contributed by atoms with Crippen LogP contribution in [-0.2, 0) is 6.54 Å². The zero-order valence-electron chi connectivity index (χ0n) is 16.1. The summed E-state index contributed by atoms with van der Waals surface area (Å²) in [6.45, 7) is 1.58. The van der Waals surface area contributed by atoms with Gasteiger partial charge in [-0.3, -0.25) is 4.68 Å². The highest BCUT2D eigenvalue weighted by atomic mass is 19.1. The van der Waals surface area contributed by atoms with E-state index < -0.39 is 0 Å². The van der Waals surface area contributed by atoms with Gasteiger partial charge in [-0.05, 0) is 18.6 Å². The van der Waals surface area contributed by atoms with Gasteiger partial charge >= 0.3 is 0 Å². The van der Waals surface area contributed by atoms with Crippen molar-refractivity contribution >= 4 is 28.5 Å². The number of rotatable bonds is 5. The third-order valence-electron chi connectivity index (χ3n) is 5.15. The van der Waals surface area contributed by atoms with E-state index in [1.165, 1.54) is 6.07 Å². The molecule has 1 unspecified atom stereocenters. The third-order valence-corrected chi connectivity index (χ3v) is 5.15. The molecule has 0 spiro atoms. The Labute approximate surface area is 172 Å². The summed E-state index contributed by atoms with van der Waals surface area (Å²) in [5, 5.41) is 18.2. The van der Waals surface area contributed by atoms with Crippen LogP contribution in [0.1, 0.15) is 12.0 Å². The number of halogens is 1. The van der Waals surface area contributed by atoms with Crippen molar-refractivity contribution in [3.8, 4) is 0 Å². The molecule has 152 valence electrons. The van der Waals surface area contributed by atoms with Gasteiger partial charge in [0.1, 0.15) is 17.5 Å². The molecule has 4 heterocycles. The van der Waals surface area contributed by atoms with Crippen molar-refractivity contribution in [3.63, 3.8) is 0 Å². The molecule has 4 aromatic rings. The lowest BCUT2D eigenvalue weighted by Gasteiger charge is -2.16. The van der Waals surface area contributed by atoms with E-state index in [0.29, 0.717) is 42.7 Å². The molecule has 0 aliphatic carbocycles. The number of anilines is 3. The Hall–Kier alpha value is -3.59. The lowest BCUT2D eigenvalue weighted by atomic mass is 10.2. The van der Waals surface area contributed by atoms with E-state index in [1.54, 1.807) is 41.5 Å². The Morgan fingerprint density at radius 1 is 1.13 bits per heavy atom. The number of benzene rings is 1. The minimum absolute atomic E-state index is 0.255. The molecular formula is C21H20FN7O. The summed E-state index contributed by atoms with van der Waals surface area (Å²) in [6.07, 6.45) is 5.49. The van der Waals surface area contributed by atoms with Crippen molar-refractivity contribution in [2.24, 2.45) is 0 Å². The number of aromatic nitrogens is 5. The Bertz CT molecular complexity index is 1190. The van der Waals surface area contributed by atoms with Crippen LogP contribution in [0.3, 0.4) is 0 Å². The normalized spacial score (nSPS) is 16.3. The minimum atomic E-state index is -0.343.